The van der Waals surface area contributed by atoms with Gasteiger partial charge in [-0.1, -0.05) is 79.9 Å². The van der Waals surface area contributed by atoms with Gasteiger partial charge in [0.1, 0.15) is 0 Å². The van der Waals surface area contributed by atoms with Gasteiger partial charge in [0.2, 0.25) is 0 Å². The number of halogens is 4. The highest BCUT2D eigenvalue weighted by atomic mass is 79.9. The Hall–Kier alpha value is -0.350. The summed E-state index contributed by atoms with van der Waals surface area (Å²) in [7, 11) is 0. The third-order valence-corrected chi connectivity index (χ3v) is 6.36. The van der Waals surface area contributed by atoms with E-state index >= 15 is 0 Å². The second kappa shape index (κ2) is 6.41. The predicted octanol–water partition coefficient (Wildman–Crippen LogP) is 7.50. The van der Waals surface area contributed by atoms with Gasteiger partial charge >= 0.3 is 0 Å². The first-order chi connectivity index (χ1) is 10.1. The van der Waals surface area contributed by atoms with Crippen molar-refractivity contribution in [1.29, 1.82) is 0 Å². The topological polar surface area (TPSA) is 0 Å². The molecule has 0 aromatic heterocycles. The Labute approximate surface area is 153 Å². The first-order valence-electron chi connectivity index (χ1n) is 6.34. The highest BCUT2D eigenvalue weighted by molar-refractivity contribution is 9.11. The number of hydrogen-bond donors (Lipinski definition) is 0. The van der Waals surface area contributed by atoms with Gasteiger partial charge in [-0.25, -0.2) is 0 Å². The van der Waals surface area contributed by atoms with Crippen LogP contribution in [0.4, 0.5) is 0 Å². The summed E-state index contributed by atoms with van der Waals surface area (Å²) in [6.45, 7) is 0. The second-order valence-corrected chi connectivity index (χ2v) is 7.75. The molecule has 21 heavy (non-hydrogen) atoms. The highest BCUT2D eigenvalue weighted by Gasteiger charge is 2.15. The van der Waals surface area contributed by atoms with E-state index in [1.54, 1.807) is 0 Å². The molecule has 3 rings (SSSR count). The van der Waals surface area contributed by atoms with Gasteiger partial charge in [0.15, 0.2) is 0 Å². The molecule has 0 saturated heterocycles. The van der Waals surface area contributed by atoms with Crippen molar-refractivity contribution < 1.29 is 0 Å². The largest absolute Gasteiger partial charge is 0.0831 e. The standard InChI is InChI=1S/C17H10Br3Cl/c18-14-8-6-13(11-3-1-2-4-12(11)14)17(20)10-5-7-15(19)16(21)9-10/h1-9,17H. The Kier molecular flexibility index (Phi) is 4.75. The Morgan fingerprint density at radius 3 is 2.19 bits per heavy atom. The fourth-order valence-corrected chi connectivity index (χ4v) is 3.95. The Morgan fingerprint density at radius 2 is 1.48 bits per heavy atom. The molecule has 0 aliphatic heterocycles. The summed E-state index contributed by atoms with van der Waals surface area (Å²) in [5, 5.41) is 3.16. The summed E-state index contributed by atoms with van der Waals surface area (Å²) in [6, 6.07) is 18.7. The molecule has 0 bridgehead atoms. The number of rotatable bonds is 2. The lowest BCUT2D eigenvalue weighted by Gasteiger charge is -2.15. The molecule has 0 aliphatic carbocycles. The smallest absolute Gasteiger partial charge is 0.0651 e. The van der Waals surface area contributed by atoms with Crippen molar-refractivity contribution in [2.45, 2.75) is 4.83 Å². The van der Waals surface area contributed by atoms with Crippen LogP contribution in [-0.2, 0) is 0 Å². The zero-order valence-corrected chi connectivity index (χ0v) is 16.3. The van der Waals surface area contributed by atoms with Gasteiger partial charge in [0, 0.05) is 8.95 Å². The van der Waals surface area contributed by atoms with Crippen LogP contribution < -0.4 is 0 Å². The van der Waals surface area contributed by atoms with Crippen LogP contribution in [-0.4, -0.2) is 0 Å². The van der Waals surface area contributed by atoms with E-state index < -0.39 is 0 Å². The van der Waals surface area contributed by atoms with Gasteiger partial charge in [-0.3, -0.25) is 0 Å². The minimum Gasteiger partial charge on any atom is -0.0831 e. The molecule has 0 saturated carbocycles. The Balaban J connectivity index is 2.15. The van der Waals surface area contributed by atoms with Crippen LogP contribution in [0.2, 0.25) is 5.02 Å². The van der Waals surface area contributed by atoms with Gasteiger partial charge in [-0.05, 0) is 56.0 Å². The van der Waals surface area contributed by atoms with Crippen molar-refractivity contribution >= 4 is 70.2 Å². The van der Waals surface area contributed by atoms with E-state index in [-0.39, 0.29) is 4.83 Å². The van der Waals surface area contributed by atoms with Crippen LogP contribution in [0, 0.1) is 0 Å². The van der Waals surface area contributed by atoms with E-state index in [9.17, 15) is 0 Å². The van der Waals surface area contributed by atoms with Crippen LogP contribution in [0.5, 0.6) is 0 Å². The zero-order chi connectivity index (χ0) is 15.0. The predicted molar refractivity (Wildman–Crippen MR) is 102 cm³/mol. The average molecular weight is 489 g/mol. The summed E-state index contributed by atoms with van der Waals surface area (Å²) in [5.41, 5.74) is 2.36. The minimum absolute atomic E-state index is 0.0982. The molecule has 0 nitrogen and oxygen atoms in total. The molecule has 106 valence electrons. The average Bonchev–Trinajstić information content (AvgIpc) is 2.50. The maximum Gasteiger partial charge on any atom is 0.0651 e. The van der Waals surface area contributed by atoms with E-state index in [2.05, 4.69) is 90.3 Å². The van der Waals surface area contributed by atoms with Crippen molar-refractivity contribution in [3.8, 4) is 0 Å². The van der Waals surface area contributed by atoms with E-state index in [0.29, 0.717) is 0 Å². The van der Waals surface area contributed by atoms with Crippen LogP contribution in [0.15, 0.2) is 63.5 Å². The maximum atomic E-state index is 6.21. The molecule has 0 spiro atoms. The zero-order valence-electron chi connectivity index (χ0n) is 10.8. The van der Waals surface area contributed by atoms with Gasteiger partial charge in [0.05, 0.1) is 9.85 Å². The number of hydrogen-bond acceptors (Lipinski definition) is 0. The summed E-state index contributed by atoms with van der Waals surface area (Å²) < 4.78 is 2.02. The number of benzene rings is 3. The second-order valence-electron chi connectivity index (χ2n) is 4.72. The van der Waals surface area contributed by atoms with Gasteiger partial charge in [-0.15, -0.1) is 0 Å². The molecule has 0 heterocycles. The fraction of sp³-hybridized carbons (Fsp3) is 0.0588. The van der Waals surface area contributed by atoms with Crippen LogP contribution in [0.3, 0.4) is 0 Å². The maximum absolute atomic E-state index is 6.21. The quantitative estimate of drug-likeness (QED) is 0.327. The van der Waals surface area contributed by atoms with Crippen LogP contribution in [0.1, 0.15) is 16.0 Å². The molecule has 3 aromatic carbocycles. The molecule has 0 radical (unpaired) electrons. The Bertz CT molecular complexity index is 814. The Morgan fingerprint density at radius 1 is 0.810 bits per heavy atom. The highest BCUT2D eigenvalue weighted by Crippen LogP contribution is 2.39. The van der Waals surface area contributed by atoms with Crippen molar-refractivity contribution in [1.82, 2.24) is 0 Å². The van der Waals surface area contributed by atoms with E-state index in [0.717, 1.165) is 19.5 Å². The number of alkyl halides is 1. The first kappa shape index (κ1) is 15.5. The molecule has 0 N–H and O–H groups in total. The monoisotopic (exact) mass is 486 g/mol. The third kappa shape index (κ3) is 3.07. The number of fused-ring (bicyclic) bond motifs is 1. The van der Waals surface area contributed by atoms with Crippen molar-refractivity contribution in [3.63, 3.8) is 0 Å². The lowest BCUT2D eigenvalue weighted by molar-refractivity contribution is 1.19. The molecular formula is C17H10Br3Cl. The SMILES string of the molecule is Clc1cc(C(Br)c2ccc(Br)c3ccccc23)ccc1Br. The molecule has 3 aromatic rings. The van der Waals surface area contributed by atoms with Gasteiger partial charge < -0.3 is 0 Å². The lowest BCUT2D eigenvalue weighted by Crippen LogP contribution is -1.95. The fourth-order valence-electron chi connectivity index (χ4n) is 2.36. The van der Waals surface area contributed by atoms with Gasteiger partial charge in [-0.2, -0.15) is 0 Å². The van der Waals surface area contributed by atoms with Crippen molar-refractivity contribution in [2.24, 2.45) is 0 Å². The summed E-state index contributed by atoms with van der Waals surface area (Å²) in [4.78, 5) is 0.0982. The van der Waals surface area contributed by atoms with E-state index in [4.69, 9.17) is 11.6 Å². The van der Waals surface area contributed by atoms with Crippen molar-refractivity contribution in [2.75, 3.05) is 0 Å². The van der Waals surface area contributed by atoms with Gasteiger partial charge in [0.25, 0.3) is 0 Å². The lowest BCUT2D eigenvalue weighted by atomic mass is 9.98. The molecule has 1 atom stereocenters. The summed E-state index contributed by atoms with van der Waals surface area (Å²) >= 11 is 17.1. The minimum atomic E-state index is 0.0982. The molecule has 1 unspecified atom stereocenters. The molecule has 0 amide bonds. The molecule has 0 fully saturated rings. The van der Waals surface area contributed by atoms with Crippen LogP contribution >= 0.6 is 59.4 Å². The van der Waals surface area contributed by atoms with Crippen molar-refractivity contribution in [3.05, 3.63) is 79.7 Å². The summed E-state index contributed by atoms with van der Waals surface area (Å²) in [6.07, 6.45) is 0. The normalized spacial score (nSPS) is 12.6. The van der Waals surface area contributed by atoms with E-state index in [1.807, 2.05) is 12.1 Å². The van der Waals surface area contributed by atoms with Crippen LogP contribution in [0.25, 0.3) is 10.8 Å². The molecule has 4 heteroatoms. The molecular weight excluding hydrogens is 479 g/mol. The first-order valence-corrected chi connectivity index (χ1v) is 9.22. The summed E-state index contributed by atoms with van der Waals surface area (Å²) in [5.74, 6) is 0. The van der Waals surface area contributed by atoms with E-state index in [1.165, 1.54) is 16.3 Å². The molecule has 0 aliphatic rings. The third-order valence-electron chi connectivity index (χ3n) is 3.41.